The third-order valence-electron chi connectivity index (χ3n) is 2.23. The van der Waals surface area contributed by atoms with E-state index in [1.165, 1.54) is 0 Å². The average Bonchev–Trinajstić information content (AvgIpc) is 2.45. The molecule has 0 bridgehead atoms. The molecule has 0 radical (unpaired) electrons. The minimum atomic E-state index is 0.737. The summed E-state index contributed by atoms with van der Waals surface area (Å²) in [6.45, 7) is 10.2. The van der Waals surface area contributed by atoms with Crippen molar-refractivity contribution in [2.75, 3.05) is 0 Å². The molecule has 1 aromatic carbocycles. The molecule has 1 nitrogen and oxygen atoms in total. The number of rotatable bonds is 2. The number of nitrogens with zero attached hydrogens (tertiary/aromatic N) is 1. The van der Waals surface area contributed by atoms with Crippen LogP contribution >= 0.6 is 11.6 Å². The van der Waals surface area contributed by atoms with Crippen molar-refractivity contribution < 1.29 is 0 Å². The second-order valence-electron chi connectivity index (χ2n) is 3.36. The molecule has 0 N–H and O–H groups in total. The molecule has 0 saturated carbocycles. The Labute approximate surface area is 116 Å². The molecule has 0 amide bonds. The van der Waals surface area contributed by atoms with Crippen LogP contribution in [0.1, 0.15) is 46.7 Å². The zero-order valence-corrected chi connectivity index (χ0v) is 12.9. The van der Waals surface area contributed by atoms with Crippen LogP contribution < -0.4 is 0 Å². The van der Waals surface area contributed by atoms with Crippen LogP contribution in [0.15, 0.2) is 30.3 Å². The van der Waals surface area contributed by atoms with Crippen molar-refractivity contribution in [2.24, 2.45) is 0 Å². The van der Waals surface area contributed by atoms with Crippen molar-refractivity contribution in [3.63, 3.8) is 0 Å². The predicted molar refractivity (Wildman–Crippen MR) is 83.4 cm³/mol. The molecule has 2 rings (SSSR count). The van der Waals surface area contributed by atoms with Gasteiger partial charge in [0.2, 0.25) is 0 Å². The first-order valence-corrected chi connectivity index (χ1v) is 7.23. The summed E-state index contributed by atoms with van der Waals surface area (Å²) in [5.41, 5.74) is 2.04. The first-order chi connectivity index (χ1) is 8.81. The zero-order chi connectivity index (χ0) is 14.0. The van der Waals surface area contributed by atoms with Gasteiger partial charge in [0.25, 0.3) is 0 Å². The van der Waals surface area contributed by atoms with Gasteiger partial charge >= 0.3 is 0 Å². The molecular weight excluding hydrogens is 242 g/mol. The van der Waals surface area contributed by atoms with E-state index in [0.717, 1.165) is 34.5 Å². The van der Waals surface area contributed by atoms with E-state index in [9.17, 15) is 0 Å². The van der Waals surface area contributed by atoms with Crippen molar-refractivity contribution in [3.05, 3.63) is 41.0 Å². The molecule has 0 aliphatic heterocycles. The maximum Gasteiger partial charge on any atom is 0.0891 e. The highest BCUT2D eigenvalue weighted by Gasteiger charge is 2.00. The Morgan fingerprint density at radius 3 is 2.28 bits per heavy atom. The second kappa shape index (κ2) is 9.90. The molecule has 0 fully saturated rings. The van der Waals surface area contributed by atoms with Crippen molar-refractivity contribution in [1.82, 2.24) is 4.98 Å². The van der Waals surface area contributed by atoms with Gasteiger partial charge in [-0.2, -0.15) is 0 Å². The van der Waals surface area contributed by atoms with Gasteiger partial charge in [-0.3, -0.25) is 4.98 Å². The Bertz CT molecular complexity index is 452. The first-order valence-electron chi connectivity index (χ1n) is 6.85. The summed E-state index contributed by atoms with van der Waals surface area (Å²) < 4.78 is 0. The molecule has 0 unspecified atom stereocenters. The number of aromatic nitrogens is 1. The molecule has 0 spiro atoms. The Morgan fingerprint density at radius 1 is 1.00 bits per heavy atom. The van der Waals surface area contributed by atoms with E-state index in [1.807, 2.05) is 45.9 Å². The largest absolute Gasteiger partial charge is 0.251 e. The van der Waals surface area contributed by atoms with E-state index in [4.69, 9.17) is 11.6 Å². The van der Waals surface area contributed by atoms with Crippen LogP contribution in [-0.4, -0.2) is 4.98 Å². The van der Waals surface area contributed by atoms with Gasteiger partial charge in [0.15, 0.2) is 0 Å². The van der Waals surface area contributed by atoms with Gasteiger partial charge in [-0.15, -0.1) is 0 Å². The van der Waals surface area contributed by atoms with Gasteiger partial charge < -0.3 is 0 Å². The number of fused-ring (bicyclic) bond motifs is 1. The van der Waals surface area contributed by atoms with Gasteiger partial charge in [0, 0.05) is 11.1 Å². The number of hydrogen-bond acceptors (Lipinski definition) is 1. The lowest BCUT2D eigenvalue weighted by atomic mass is 10.1. The molecule has 2 aromatic rings. The molecule has 1 heterocycles. The molecule has 0 atom stereocenters. The van der Waals surface area contributed by atoms with Gasteiger partial charge in [-0.05, 0) is 18.6 Å². The highest BCUT2D eigenvalue weighted by atomic mass is 35.5. The van der Waals surface area contributed by atoms with Crippen molar-refractivity contribution >= 4 is 22.5 Å². The van der Waals surface area contributed by atoms with E-state index in [0.29, 0.717) is 0 Å². The van der Waals surface area contributed by atoms with Crippen molar-refractivity contribution in [3.8, 4) is 0 Å². The fourth-order valence-electron chi connectivity index (χ4n) is 1.55. The van der Waals surface area contributed by atoms with Crippen LogP contribution in [0.25, 0.3) is 10.9 Å². The van der Waals surface area contributed by atoms with Crippen molar-refractivity contribution in [2.45, 2.75) is 47.5 Å². The molecular formula is C16H24ClN. The molecule has 18 heavy (non-hydrogen) atoms. The number of benzene rings is 1. The zero-order valence-electron chi connectivity index (χ0n) is 12.1. The lowest BCUT2D eigenvalue weighted by Crippen LogP contribution is -1.89. The summed E-state index contributed by atoms with van der Waals surface area (Å²) in [5.74, 6) is 0. The minimum Gasteiger partial charge on any atom is -0.251 e. The Morgan fingerprint density at radius 2 is 1.67 bits per heavy atom. The highest BCUT2D eigenvalue weighted by Crippen LogP contribution is 2.21. The molecule has 0 aliphatic carbocycles. The summed E-state index contributed by atoms with van der Waals surface area (Å²) in [6, 6.07) is 10.0. The van der Waals surface area contributed by atoms with Gasteiger partial charge in [-0.1, -0.05) is 70.8 Å². The van der Waals surface area contributed by atoms with E-state index >= 15 is 0 Å². The van der Waals surface area contributed by atoms with E-state index in [2.05, 4.69) is 24.0 Å². The maximum atomic E-state index is 6.07. The molecule has 100 valence electrons. The quantitative estimate of drug-likeness (QED) is 0.659. The second-order valence-corrected chi connectivity index (χ2v) is 3.77. The molecule has 0 aliphatic rings. The first kappa shape index (κ1) is 16.9. The van der Waals surface area contributed by atoms with E-state index < -0.39 is 0 Å². The normalized spacial score (nSPS) is 9.00. The molecule has 0 saturated heterocycles. The van der Waals surface area contributed by atoms with Crippen LogP contribution in [0.5, 0.6) is 0 Å². The highest BCUT2D eigenvalue weighted by molar-refractivity contribution is 6.35. The summed E-state index contributed by atoms with van der Waals surface area (Å²) in [5, 5.41) is 1.85. The lowest BCUT2D eigenvalue weighted by molar-refractivity contribution is 0.890. The summed E-state index contributed by atoms with van der Waals surface area (Å²) in [6.07, 6.45) is 2.13. The summed E-state index contributed by atoms with van der Waals surface area (Å²) in [7, 11) is 0. The Balaban J connectivity index is 0.000000659. The van der Waals surface area contributed by atoms with Crippen LogP contribution in [0.3, 0.4) is 0 Å². The SMILES string of the molecule is CC.CC.CCCc1ccc2cccc(Cl)c2n1. The number of halogens is 1. The van der Waals surface area contributed by atoms with Crippen LogP contribution in [-0.2, 0) is 6.42 Å². The average molecular weight is 266 g/mol. The number of pyridine rings is 1. The predicted octanol–water partition coefficient (Wildman–Crippen LogP) is 5.89. The Kier molecular flexibility index (Phi) is 9.31. The number of aryl methyl sites for hydroxylation is 1. The van der Waals surface area contributed by atoms with Gasteiger partial charge in [0.1, 0.15) is 0 Å². The monoisotopic (exact) mass is 265 g/mol. The summed E-state index contributed by atoms with van der Waals surface area (Å²) in [4.78, 5) is 4.53. The number of para-hydroxylation sites is 1. The summed E-state index contributed by atoms with van der Waals surface area (Å²) >= 11 is 6.07. The fraction of sp³-hybridized carbons (Fsp3) is 0.438. The topological polar surface area (TPSA) is 12.9 Å². The smallest absolute Gasteiger partial charge is 0.0891 e. The molecule has 2 heteroatoms. The maximum absolute atomic E-state index is 6.07. The van der Waals surface area contributed by atoms with Crippen LogP contribution in [0.2, 0.25) is 5.02 Å². The number of hydrogen-bond donors (Lipinski definition) is 0. The fourth-order valence-corrected chi connectivity index (χ4v) is 1.77. The van der Waals surface area contributed by atoms with E-state index in [1.54, 1.807) is 0 Å². The van der Waals surface area contributed by atoms with E-state index in [-0.39, 0.29) is 0 Å². The third-order valence-corrected chi connectivity index (χ3v) is 2.54. The minimum absolute atomic E-state index is 0.737. The third kappa shape index (κ3) is 4.66. The van der Waals surface area contributed by atoms with Crippen LogP contribution in [0, 0.1) is 0 Å². The lowest BCUT2D eigenvalue weighted by Gasteiger charge is -2.02. The van der Waals surface area contributed by atoms with Gasteiger partial charge in [0.05, 0.1) is 10.5 Å². The van der Waals surface area contributed by atoms with Crippen LogP contribution in [0.4, 0.5) is 0 Å². The standard InChI is InChI=1S/C12H12ClN.2C2H6/c1-2-4-10-8-7-9-5-3-6-11(13)12(9)14-10;2*1-2/h3,5-8H,2,4H2,1H3;2*1-2H3. The Hall–Kier alpha value is -1.08. The molecule has 1 aromatic heterocycles. The van der Waals surface area contributed by atoms with Gasteiger partial charge in [-0.25, -0.2) is 0 Å². The van der Waals surface area contributed by atoms with Crippen molar-refractivity contribution in [1.29, 1.82) is 0 Å².